The highest BCUT2D eigenvalue weighted by Crippen LogP contribution is 2.32. The highest BCUT2D eigenvalue weighted by atomic mass is 16.3. The maximum atomic E-state index is 12.6. The van der Waals surface area contributed by atoms with Crippen molar-refractivity contribution in [2.75, 3.05) is 11.4 Å². The van der Waals surface area contributed by atoms with Crippen LogP contribution in [0.25, 0.3) is 11.0 Å². The number of hydrogen-bond donors (Lipinski definition) is 2. The van der Waals surface area contributed by atoms with Crippen molar-refractivity contribution < 1.29 is 14.0 Å². The van der Waals surface area contributed by atoms with Gasteiger partial charge in [0.15, 0.2) is 5.58 Å². The predicted octanol–water partition coefficient (Wildman–Crippen LogP) is 1.58. The fourth-order valence-corrected chi connectivity index (χ4v) is 4.38. The van der Waals surface area contributed by atoms with Gasteiger partial charge in [0.2, 0.25) is 5.91 Å². The lowest BCUT2D eigenvalue weighted by molar-refractivity contribution is -0.117. The fraction of sp³-hybridized carbons (Fsp3) is 0.500. The first kappa shape index (κ1) is 14.9. The van der Waals surface area contributed by atoms with Crippen LogP contribution in [0.3, 0.4) is 0 Å². The molecule has 3 aliphatic heterocycles. The van der Waals surface area contributed by atoms with E-state index in [0.29, 0.717) is 36.3 Å². The lowest BCUT2D eigenvalue weighted by atomic mass is 9.95. The number of nitrogens with one attached hydrogen (secondary N) is 2. The lowest BCUT2D eigenvalue weighted by Crippen LogP contribution is -2.43. The number of fused-ring (bicyclic) bond motifs is 3. The molecule has 3 fully saturated rings. The van der Waals surface area contributed by atoms with E-state index in [4.69, 9.17) is 4.42 Å². The standard InChI is InChI=1S/C18H20N4O3/c23-17-2-1-5-22(17)15-9-25-16-8-19-14(7-11(15)16)18(24)21-13-6-10-3-4-12(13)20-10/h7-10,12-13,20H,1-6H2,(H,21,24)/t10-,12+,13-/m1/s1. The van der Waals surface area contributed by atoms with Gasteiger partial charge in [0.25, 0.3) is 5.91 Å². The summed E-state index contributed by atoms with van der Waals surface area (Å²) in [6, 6.07) is 2.82. The van der Waals surface area contributed by atoms with Crippen LogP contribution in [-0.4, -0.2) is 41.5 Å². The molecule has 7 nitrogen and oxygen atoms in total. The van der Waals surface area contributed by atoms with Gasteiger partial charge in [0.1, 0.15) is 12.0 Å². The lowest BCUT2D eigenvalue weighted by Gasteiger charge is -2.21. The Balaban J connectivity index is 1.41. The number of carbonyl (C=O) groups excluding carboxylic acids is 2. The number of rotatable bonds is 3. The summed E-state index contributed by atoms with van der Waals surface area (Å²) in [7, 11) is 0. The summed E-state index contributed by atoms with van der Waals surface area (Å²) >= 11 is 0. The molecule has 2 bridgehead atoms. The summed E-state index contributed by atoms with van der Waals surface area (Å²) in [5, 5.41) is 7.39. The highest BCUT2D eigenvalue weighted by Gasteiger charge is 2.39. The van der Waals surface area contributed by atoms with Gasteiger partial charge in [-0.15, -0.1) is 0 Å². The molecule has 0 aromatic carbocycles. The summed E-state index contributed by atoms with van der Waals surface area (Å²) < 4.78 is 5.52. The number of pyridine rings is 1. The molecule has 5 heterocycles. The van der Waals surface area contributed by atoms with E-state index in [1.807, 2.05) is 0 Å². The number of aromatic nitrogens is 1. The summed E-state index contributed by atoms with van der Waals surface area (Å²) in [6.45, 7) is 0.689. The molecular weight excluding hydrogens is 320 g/mol. The van der Waals surface area contributed by atoms with Crippen LogP contribution in [0, 0.1) is 0 Å². The molecule has 2 N–H and O–H groups in total. The Morgan fingerprint density at radius 2 is 2.32 bits per heavy atom. The molecule has 0 unspecified atom stereocenters. The molecule has 0 radical (unpaired) electrons. The Hall–Kier alpha value is -2.41. The van der Waals surface area contributed by atoms with E-state index in [1.165, 1.54) is 6.42 Å². The minimum atomic E-state index is -0.166. The number of carbonyl (C=O) groups is 2. The van der Waals surface area contributed by atoms with Crippen molar-refractivity contribution in [1.29, 1.82) is 0 Å². The molecule has 0 saturated carbocycles. The van der Waals surface area contributed by atoms with Gasteiger partial charge in [-0.25, -0.2) is 4.98 Å². The Morgan fingerprint density at radius 3 is 3.04 bits per heavy atom. The van der Waals surface area contributed by atoms with E-state index in [2.05, 4.69) is 15.6 Å². The van der Waals surface area contributed by atoms with Crippen molar-refractivity contribution in [1.82, 2.24) is 15.6 Å². The van der Waals surface area contributed by atoms with Gasteiger partial charge in [-0.1, -0.05) is 0 Å². The van der Waals surface area contributed by atoms with Gasteiger partial charge in [-0.3, -0.25) is 9.59 Å². The van der Waals surface area contributed by atoms with Crippen LogP contribution < -0.4 is 15.5 Å². The maximum Gasteiger partial charge on any atom is 0.270 e. The van der Waals surface area contributed by atoms with E-state index in [1.54, 1.807) is 23.4 Å². The van der Waals surface area contributed by atoms with Crippen LogP contribution in [0.2, 0.25) is 0 Å². The zero-order valence-corrected chi connectivity index (χ0v) is 13.8. The second kappa shape index (κ2) is 5.56. The number of nitrogens with zero attached hydrogens (tertiary/aromatic N) is 2. The molecule has 0 spiro atoms. The molecule has 3 aliphatic rings. The Labute approximate surface area is 144 Å². The minimum absolute atomic E-state index is 0.0959. The third-order valence-electron chi connectivity index (χ3n) is 5.65. The monoisotopic (exact) mass is 340 g/mol. The summed E-state index contributed by atoms with van der Waals surface area (Å²) in [5.41, 5.74) is 1.69. The van der Waals surface area contributed by atoms with Crippen molar-refractivity contribution in [2.24, 2.45) is 0 Å². The van der Waals surface area contributed by atoms with Crippen LogP contribution in [-0.2, 0) is 4.79 Å². The molecule has 2 aromatic rings. The maximum absolute atomic E-state index is 12.6. The Kier molecular flexibility index (Phi) is 3.31. The quantitative estimate of drug-likeness (QED) is 0.886. The Bertz CT molecular complexity index is 861. The van der Waals surface area contributed by atoms with E-state index in [9.17, 15) is 9.59 Å². The zero-order valence-electron chi connectivity index (χ0n) is 13.8. The minimum Gasteiger partial charge on any atom is -0.460 e. The van der Waals surface area contributed by atoms with Crippen molar-refractivity contribution in [3.63, 3.8) is 0 Å². The van der Waals surface area contributed by atoms with E-state index in [0.717, 1.165) is 30.3 Å². The summed E-state index contributed by atoms with van der Waals surface area (Å²) in [6.07, 6.45) is 7.85. The number of amides is 2. The smallest absolute Gasteiger partial charge is 0.270 e. The molecule has 25 heavy (non-hydrogen) atoms. The van der Waals surface area contributed by atoms with Crippen LogP contribution >= 0.6 is 0 Å². The fourth-order valence-electron chi connectivity index (χ4n) is 4.38. The Morgan fingerprint density at radius 1 is 1.40 bits per heavy atom. The van der Waals surface area contributed by atoms with Gasteiger partial charge in [0, 0.05) is 36.5 Å². The van der Waals surface area contributed by atoms with Crippen molar-refractivity contribution in [2.45, 2.75) is 50.2 Å². The SMILES string of the molecule is O=C(N[C@@H]1C[C@H]2CC[C@@H]1N2)c1cc2c(N3CCCC3=O)coc2cn1. The molecule has 3 atom stereocenters. The van der Waals surface area contributed by atoms with Crippen molar-refractivity contribution >= 4 is 28.5 Å². The second-order valence-electron chi connectivity index (χ2n) is 7.20. The highest BCUT2D eigenvalue weighted by molar-refractivity contribution is 6.05. The van der Waals surface area contributed by atoms with Gasteiger partial charge in [0.05, 0.1) is 11.9 Å². The molecule has 7 heteroatoms. The number of furan rings is 1. The first-order valence-electron chi connectivity index (χ1n) is 8.93. The molecule has 2 amide bonds. The number of hydrogen-bond acceptors (Lipinski definition) is 5. The third-order valence-corrected chi connectivity index (χ3v) is 5.65. The van der Waals surface area contributed by atoms with E-state index in [-0.39, 0.29) is 17.9 Å². The molecule has 130 valence electrons. The third kappa shape index (κ3) is 2.41. The van der Waals surface area contributed by atoms with Gasteiger partial charge < -0.3 is 20.0 Å². The van der Waals surface area contributed by atoms with Crippen molar-refractivity contribution in [3.8, 4) is 0 Å². The van der Waals surface area contributed by atoms with Crippen molar-refractivity contribution in [3.05, 3.63) is 24.2 Å². The van der Waals surface area contributed by atoms with E-state index >= 15 is 0 Å². The summed E-state index contributed by atoms with van der Waals surface area (Å²) in [5.74, 6) is -0.0697. The average molecular weight is 340 g/mol. The first-order valence-corrected chi connectivity index (χ1v) is 8.93. The molecule has 2 aromatic heterocycles. The average Bonchev–Trinajstić information content (AvgIpc) is 3.37. The van der Waals surface area contributed by atoms with Gasteiger partial charge >= 0.3 is 0 Å². The first-order chi connectivity index (χ1) is 12.2. The topological polar surface area (TPSA) is 87.5 Å². The van der Waals surface area contributed by atoms with Crippen LogP contribution in [0.1, 0.15) is 42.6 Å². The second-order valence-corrected chi connectivity index (χ2v) is 7.20. The summed E-state index contributed by atoms with van der Waals surface area (Å²) in [4.78, 5) is 30.6. The number of anilines is 1. The van der Waals surface area contributed by atoms with Crippen LogP contribution in [0.5, 0.6) is 0 Å². The van der Waals surface area contributed by atoms with Gasteiger partial charge in [-0.2, -0.15) is 0 Å². The molecular formula is C18H20N4O3. The van der Waals surface area contributed by atoms with E-state index < -0.39 is 0 Å². The normalized spacial score (nSPS) is 28.2. The zero-order chi connectivity index (χ0) is 17.0. The largest absolute Gasteiger partial charge is 0.460 e. The van der Waals surface area contributed by atoms with Gasteiger partial charge in [-0.05, 0) is 31.7 Å². The molecule has 0 aliphatic carbocycles. The van der Waals surface area contributed by atoms with Crippen LogP contribution in [0.15, 0.2) is 22.9 Å². The molecule has 3 saturated heterocycles. The van der Waals surface area contributed by atoms with Crippen LogP contribution in [0.4, 0.5) is 5.69 Å². The molecule has 5 rings (SSSR count). The predicted molar refractivity (Wildman–Crippen MR) is 91.4 cm³/mol.